The molecule has 2 rings (SSSR count). The summed E-state index contributed by atoms with van der Waals surface area (Å²) >= 11 is 7.33. The van der Waals surface area contributed by atoms with Crippen molar-refractivity contribution in [3.8, 4) is 5.88 Å². The Labute approximate surface area is 170 Å². The van der Waals surface area contributed by atoms with E-state index in [-0.39, 0.29) is 27.5 Å². The Morgan fingerprint density at radius 2 is 2.00 bits per heavy atom. The topological polar surface area (TPSA) is 51.2 Å². The third-order valence-corrected chi connectivity index (χ3v) is 5.35. The van der Waals surface area contributed by atoms with Gasteiger partial charge in [0, 0.05) is 16.2 Å². The Morgan fingerprint density at radius 1 is 1.29 bits per heavy atom. The number of thioether (sulfide) groups is 1. The second-order valence-electron chi connectivity index (χ2n) is 5.91. The molecule has 2 aromatic rings. The maximum absolute atomic E-state index is 13.5. The fourth-order valence-electron chi connectivity index (χ4n) is 2.25. The monoisotopic (exact) mass is 432 g/mol. The number of ether oxygens (including phenoxy) is 1. The van der Waals surface area contributed by atoms with E-state index in [1.165, 1.54) is 30.0 Å². The molecule has 1 aromatic heterocycles. The first-order chi connectivity index (χ1) is 13.2. The zero-order valence-electron chi connectivity index (χ0n) is 15.6. The number of alkyl halides is 3. The summed E-state index contributed by atoms with van der Waals surface area (Å²) in [5.41, 5.74) is -1.49. The molecule has 0 fully saturated rings. The molecule has 0 aliphatic heterocycles. The number of pyridine rings is 1. The third-order valence-electron chi connectivity index (χ3n) is 3.78. The summed E-state index contributed by atoms with van der Waals surface area (Å²) in [6.45, 7) is 5.96. The van der Waals surface area contributed by atoms with Gasteiger partial charge in [0.2, 0.25) is 5.88 Å². The summed E-state index contributed by atoms with van der Waals surface area (Å²) in [4.78, 5) is 16.9. The van der Waals surface area contributed by atoms with Crippen LogP contribution in [0.3, 0.4) is 0 Å². The first-order valence-electron chi connectivity index (χ1n) is 8.64. The Bertz CT molecular complexity index is 846. The highest BCUT2D eigenvalue weighted by Crippen LogP contribution is 2.38. The van der Waals surface area contributed by atoms with Crippen molar-refractivity contribution in [2.75, 3.05) is 11.9 Å². The summed E-state index contributed by atoms with van der Waals surface area (Å²) in [6.07, 6.45) is -3.80. The van der Waals surface area contributed by atoms with Gasteiger partial charge in [0.05, 0.1) is 22.9 Å². The van der Waals surface area contributed by atoms with E-state index in [1.807, 2.05) is 13.8 Å². The molecule has 1 amide bonds. The van der Waals surface area contributed by atoms with Crippen molar-refractivity contribution >= 4 is 35.0 Å². The average molecular weight is 433 g/mol. The molecule has 152 valence electrons. The van der Waals surface area contributed by atoms with Crippen LogP contribution in [0.2, 0.25) is 5.02 Å². The van der Waals surface area contributed by atoms with Gasteiger partial charge in [-0.15, -0.1) is 11.8 Å². The van der Waals surface area contributed by atoms with Gasteiger partial charge in [-0.3, -0.25) is 4.79 Å². The predicted molar refractivity (Wildman–Crippen MR) is 105 cm³/mol. The Balaban J connectivity index is 2.34. The number of aromatic nitrogens is 1. The molecule has 0 radical (unpaired) electrons. The lowest BCUT2D eigenvalue weighted by Gasteiger charge is -2.16. The lowest BCUT2D eigenvalue weighted by molar-refractivity contribution is -0.137. The molecule has 4 nitrogen and oxygen atoms in total. The maximum atomic E-state index is 13.5. The first-order valence-corrected chi connectivity index (χ1v) is 9.90. The minimum absolute atomic E-state index is 0.0125. The zero-order chi connectivity index (χ0) is 20.9. The number of nitrogens with one attached hydrogen (secondary N) is 1. The number of anilines is 1. The number of hydrogen-bond donors (Lipinski definition) is 1. The number of nitrogens with zero attached hydrogens (tertiary/aromatic N) is 1. The fourth-order valence-corrected chi connectivity index (χ4v) is 3.40. The van der Waals surface area contributed by atoms with Crippen LogP contribution in [0.25, 0.3) is 0 Å². The van der Waals surface area contributed by atoms with Gasteiger partial charge in [-0.1, -0.05) is 25.4 Å². The molecule has 1 heterocycles. The number of amides is 1. The molecule has 0 unspecified atom stereocenters. The van der Waals surface area contributed by atoms with Crippen LogP contribution in [-0.4, -0.2) is 22.7 Å². The number of hydrogen-bond acceptors (Lipinski definition) is 4. The first kappa shape index (κ1) is 22.4. The van der Waals surface area contributed by atoms with Gasteiger partial charge in [0.1, 0.15) is 0 Å². The average Bonchev–Trinajstić information content (AvgIpc) is 2.63. The summed E-state index contributed by atoms with van der Waals surface area (Å²) in [6, 6.07) is 6.72. The molecule has 1 aromatic carbocycles. The van der Waals surface area contributed by atoms with Crippen LogP contribution in [0.4, 0.5) is 18.9 Å². The molecule has 0 aliphatic rings. The Hall–Kier alpha value is -1.93. The van der Waals surface area contributed by atoms with Crippen LogP contribution in [0, 0.1) is 0 Å². The maximum Gasteiger partial charge on any atom is 0.418 e. The van der Waals surface area contributed by atoms with Crippen molar-refractivity contribution < 1.29 is 22.7 Å². The molecule has 0 saturated carbocycles. The number of halogens is 4. The van der Waals surface area contributed by atoms with Crippen molar-refractivity contribution in [2.45, 2.75) is 43.5 Å². The van der Waals surface area contributed by atoms with E-state index in [2.05, 4.69) is 10.3 Å². The van der Waals surface area contributed by atoms with E-state index in [4.69, 9.17) is 16.3 Å². The van der Waals surface area contributed by atoms with Gasteiger partial charge in [0.15, 0.2) is 5.69 Å². The van der Waals surface area contributed by atoms with Crippen LogP contribution in [0.5, 0.6) is 5.88 Å². The van der Waals surface area contributed by atoms with Crippen molar-refractivity contribution in [3.63, 3.8) is 0 Å². The van der Waals surface area contributed by atoms with E-state index < -0.39 is 17.6 Å². The van der Waals surface area contributed by atoms with Gasteiger partial charge >= 0.3 is 6.18 Å². The number of carbonyl (C=O) groups excluding carboxylic acids is 1. The number of carbonyl (C=O) groups is 1. The quantitative estimate of drug-likeness (QED) is 0.522. The molecule has 1 N–H and O–H groups in total. The minimum atomic E-state index is -4.63. The van der Waals surface area contributed by atoms with Gasteiger partial charge < -0.3 is 10.1 Å². The smallest absolute Gasteiger partial charge is 0.418 e. The molecule has 0 saturated heterocycles. The van der Waals surface area contributed by atoms with Crippen LogP contribution in [-0.2, 0) is 6.18 Å². The third kappa shape index (κ3) is 5.78. The zero-order valence-corrected chi connectivity index (χ0v) is 17.1. The molecule has 28 heavy (non-hydrogen) atoms. The summed E-state index contributed by atoms with van der Waals surface area (Å²) in [5, 5.41) is 2.45. The molecule has 9 heteroatoms. The van der Waals surface area contributed by atoms with E-state index in [0.717, 1.165) is 12.5 Å². The standard InChI is InChI=1S/C19H20ClF3N2O2S/c1-4-11(3)28-12-6-8-15(13(10-12)19(21,22)23)24-18(26)17-14(20)7-9-16(25-17)27-5-2/h6-11H,4-5H2,1-3H3,(H,24,26)/t11-/m0/s1. The highest BCUT2D eigenvalue weighted by atomic mass is 35.5. The van der Waals surface area contributed by atoms with Crippen molar-refractivity contribution in [2.24, 2.45) is 0 Å². The van der Waals surface area contributed by atoms with E-state index in [1.54, 1.807) is 13.0 Å². The Kier molecular flexibility index (Phi) is 7.60. The van der Waals surface area contributed by atoms with Gasteiger partial charge in [-0.2, -0.15) is 13.2 Å². The Morgan fingerprint density at radius 3 is 2.61 bits per heavy atom. The van der Waals surface area contributed by atoms with E-state index in [0.29, 0.717) is 11.5 Å². The minimum Gasteiger partial charge on any atom is -0.478 e. The van der Waals surface area contributed by atoms with Crippen LogP contribution >= 0.6 is 23.4 Å². The molecule has 0 bridgehead atoms. The molecule has 1 atom stereocenters. The number of rotatable bonds is 7. The van der Waals surface area contributed by atoms with Crippen molar-refractivity contribution in [1.82, 2.24) is 4.98 Å². The summed E-state index contributed by atoms with van der Waals surface area (Å²) in [5.74, 6) is -0.687. The van der Waals surface area contributed by atoms with E-state index in [9.17, 15) is 18.0 Å². The highest BCUT2D eigenvalue weighted by molar-refractivity contribution is 7.99. The summed E-state index contributed by atoms with van der Waals surface area (Å²) in [7, 11) is 0. The largest absolute Gasteiger partial charge is 0.478 e. The highest BCUT2D eigenvalue weighted by Gasteiger charge is 2.34. The predicted octanol–water partition coefficient (Wildman–Crippen LogP) is 6.30. The van der Waals surface area contributed by atoms with Gasteiger partial charge in [-0.05, 0) is 37.6 Å². The van der Waals surface area contributed by atoms with E-state index >= 15 is 0 Å². The van der Waals surface area contributed by atoms with Crippen LogP contribution < -0.4 is 10.1 Å². The lowest BCUT2D eigenvalue weighted by Crippen LogP contribution is -2.18. The molecule has 0 aliphatic carbocycles. The second kappa shape index (κ2) is 9.52. The van der Waals surface area contributed by atoms with Crippen LogP contribution in [0.1, 0.15) is 43.2 Å². The SMILES string of the molecule is CCOc1ccc(Cl)c(C(=O)Nc2ccc(S[C@@H](C)CC)cc2C(F)(F)F)n1. The molecular formula is C19H20ClF3N2O2S. The molecular weight excluding hydrogens is 413 g/mol. The van der Waals surface area contributed by atoms with Gasteiger partial charge in [-0.25, -0.2) is 4.98 Å². The van der Waals surface area contributed by atoms with Gasteiger partial charge in [0.25, 0.3) is 5.91 Å². The lowest BCUT2D eigenvalue weighted by atomic mass is 10.1. The van der Waals surface area contributed by atoms with Crippen LogP contribution in [0.15, 0.2) is 35.2 Å². The van der Waals surface area contributed by atoms with Crippen molar-refractivity contribution in [1.29, 1.82) is 0 Å². The normalized spacial score (nSPS) is 12.5. The second-order valence-corrected chi connectivity index (χ2v) is 7.83. The fraction of sp³-hybridized carbons (Fsp3) is 0.368. The summed E-state index contributed by atoms with van der Waals surface area (Å²) < 4.78 is 45.8. The molecule has 0 spiro atoms. The number of benzene rings is 1. The van der Waals surface area contributed by atoms with Crippen molar-refractivity contribution in [3.05, 3.63) is 46.6 Å².